The molecule has 1 aliphatic heterocycles. The molecular weight excluding hydrogens is 442 g/mol. The first-order valence-corrected chi connectivity index (χ1v) is 11.7. The summed E-state index contributed by atoms with van der Waals surface area (Å²) in [5.74, 6) is -3.66. The Kier molecular flexibility index (Phi) is 10.9. The van der Waals surface area contributed by atoms with E-state index in [1.807, 2.05) is 44.2 Å². The molecule has 190 valence electrons. The van der Waals surface area contributed by atoms with Gasteiger partial charge in [-0.1, -0.05) is 44.2 Å². The van der Waals surface area contributed by atoms with Gasteiger partial charge in [0.25, 0.3) is 5.91 Å². The van der Waals surface area contributed by atoms with Crippen molar-refractivity contribution in [2.24, 2.45) is 11.8 Å². The SMILES string of the molecule is CNC(=O)[C@H](Cc1ccccc1)NC(=O)[C@H](CC(C)C)[C@@](O)(COC1CCCCO1)C(=O)NO. The predicted octanol–water partition coefficient (Wildman–Crippen LogP) is 0.902. The summed E-state index contributed by atoms with van der Waals surface area (Å²) in [7, 11) is 1.46. The lowest BCUT2D eigenvalue weighted by Crippen LogP contribution is -2.61. The molecule has 1 aromatic rings. The van der Waals surface area contributed by atoms with Crippen LogP contribution in [0.2, 0.25) is 0 Å². The van der Waals surface area contributed by atoms with E-state index in [4.69, 9.17) is 9.47 Å². The molecule has 0 spiro atoms. The molecule has 0 bridgehead atoms. The molecule has 0 radical (unpaired) electrons. The number of hydrogen-bond donors (Lipinski definition) is 5. The Morgan fingerprint density at radius 3 is 2.44 bits per heavy atom. The van der Waals surface area contributed by atoms with Crippen LogP contribution in [-0.4, -0.2) is 66.2 Å². The van der Waals surface area contributed by atoms with Gasteiger partial charge in [0.1, 0.15) is 6.04 Å². The number of ether oxygens (including phenoxy) is 2. The number of hydrogen-bond acceptors (Lipinski definition) is 7. The molecule has 1 heterocycles. The number of benzene rings is 1. The molecular formula is C24H37N3O7. The average molecular weight is 480 g/mol. The van der Waals surface area contributed by atoms with Gasteiger partial charge < -0.3 is 25.2 Å². The molecule has 5 N–H and O–H groups in total. The molecule has 1 aromatic carbocycles. The zero-order valence-corrected chi connectivity index (χ0v) is 20.1. The number of carbonyl (C=O) groups excluding carboxylic acids is 3. The monoisotopic (exact) mass is 479 g/mol. The molecule has 10 nitrogen and oxygen atoms in total. The van der Waals surface area contributed by atoms with Gasteiger partial charge in [-0.15, -0.1) is 0 Å². The van der Waals surface area contributed by atoms with Crippen LogP contribution in [0.5, 0.6) is 0 Å². The van der Waals surface area contributed by atoms with Crippen LogP contribution in [0.1, 0.15) is 45.1 Å². The maximum Gasteiger partial charge on any atom is 0.278 e. The van der Waals surface area contributed by atoms with E-state index in [9.17, 15) is 24.7 Å². The van der Waals surface area contributed by atoms with E-state index < -0.39 is 48.2 Å². The summed E-state index contributed by atoms with van der Waals surface area (Å²) in [6, 6.07) is 8.24. The minimum atomic E-state index is -2.39. The van der Waals surface area contributed by atoms with E-state index in [1.165, 1.54) is 12.5 Å². The van der Waals surface area contributed by atoms with Gasteiger partial charge in [-0.3, -0.25) is 19.6 Å². The highest BCUT2D eigenvalue weighted by Gasteiger charge is 2.49. The van der Waals surface area contributed by atoms with Crippen molar-refractivity contribution in [3.05, 3.63) is 35.9 Å². The van der Waals surface area contributed by atoms with Crippen molar-refractivity contribution in [3.63, 3.8) is 0 Å². The van der Waals surface area contributed by atoms with Crippen LogP contribution in [0.4, 0.5) is 0 Å². The fourth-order valence-corrected chi connectivity index (χ4v) is 3.98. The van der Waals surface area contributed by atoms with Crippen molar-refractivity contribution in [1.29, 1.82) is 0 Å². The summed E-state index contributed by atoms with van der Waals surface area (Å²) in [4.78, 5) is 38.5. The van der Waals surface area contributed by atoms with Gasteiger partial charge in [-0.2, -0.15) is 0 Å². The zero-order valence-electron chi connectivity index (χ0n) is 20.1. The Morgan fingerprint density at radius 1 is 1.18 bits per heavy atom. The molecule has 1 fully saturated rings. The van der Waals surface area contributed by atoms with Crippen molar-refractivity contribution in [2.45, 2.75) is 63.9 Å². The normalized spacial score (nSPS) is 19.5. The highest BCUT2D eigenvalue weighted by Crippen LogP contribution is 2.28. The van der Waals surface area contributed by atoms with E-state index in [2.05, 4.69) is 10.6 Å². The highest BCUT2D eigenvalue weighted by atomic mass is 16.7. The third kappa shape index (κ3) is 7.76. The number of nitrogens with one attached hydrogen (secondary N) is 3. The summed E-state index contributed by atoms with van der Waals surface area (Å²) in [6.45, 7) is 3.61. The van der Waals surface area contributed by atoms with Gasteiger partial charge in [0, 0.05) is 20.1 Å². The largest absolute Gasteiger partial charge is 0.377 e. The van der Waals surface area contributed by atoms with Crippen LogP contribution in [0.15, 0.2) is 30.3 Å². The van der Waals surface area contributed by atoms with Gasteiger partial charge >= 0.3 is 0 Å². The smallest absolute Gasteiger partial charge is 0.278 e. The number of amides is 3. The Morgan fingerprint density at radius 2 is 1.88 bits per heavy atom. The number of rotatable bonds is 12. The third-order valence-electron chi connectivity index (χ3n) is 5.88. The van der Waals surface area contributed by atoms with E-state index in [0.717, 1.165) is 18.4 Å². The topological polar surface area (TPSA) is 146 Å². The van der Waals surface area contributed by atoms with E-state index >= 15 is 0 Å². The highest BCUT2D eigenvalue weighted by molar-refractivity contribution is 5.94. The molecule has 1 saturated heterocycles. The molecule has 10 heteroatoms. The van der Waals surface area contributed by atoms with Crippen LogP contribution in [0, 0.1) is 11.8 Å². The van der Waals surface area contributed by atoms with Crippen LogP contribution >= 0.6 is 0 Å². The minimum absolute atomic E-state index is 0.0905. The quantitative estimate of drug-likeness (QED) is 0.221. The van der Waals surface area contributed by atoms with Crippen LogP contribution in [0.25, 0.3) is 0 Å². The number of carbonyl (C=O) groups is 3. The second-order valence-corrected chi connectivity index (χ2v) is 9.02. The van der Waals surface area contributed by atoms with Gasteiger partial charge in [0.05, 0.1) is 12.5 Å². The lowest BCUT2D eigenvalue weighted by Gasteiger charge is -2.36. The molecule has 2 rings (SSSR count). The Bertz CT molecular complexity index is 799. The third-order valence-corrected chi connectivity index (χ3v) is 5.88. The maximum atomic E-state index is 13.4. The molecule has 34 heavy (non-hydrogen) atoms. The fourth-order valence-electron chi connectivity index (χ4n) is 3.98. The molecule has 3 amide bonds. The van der Waals surface area contributed by atoms with E-state index in [-0.39, 0.29) is 18.8 Å². The van der Waals surface area contributed by atoms with Crippen LogP contribution < -0.4 is 16.1 Å². The molecule has 0 saturated carbocycles. The standard InChI is InChI=1S/C24H37N3O7/c1-16(2)13-18(24(31,23(30)27-32)15-34-20-11-7-8-12-33-20)21(28)26-19(22(29)25-3)14-17-9-5-4-6-10-17/h4-6,9-10,16,18-20,31-32H,7-8,11-15H2,1-3H3,(H,25,29)(H,26,28)(H,27,30)/t18-,19-,20?,24-/m0/s1. The summed E-state index contributed by atoms with van der Waals surface area (Å²) in [5.41, 5.74) is -0.0936. The Labute approximate surface area is 200 Å². The van der Waals surface area contributed by atoms with Crippen molar-refractivity contribution < 1.29 is 34.2 Å². The second kappa shape index (κ2) is 13.4. The number of hydroxylamine groups is 1. The van der Waals surface area contributed by atoms with E-state index in [0.29, 0.717) is 13.0 Å². The minimum Gasteiger partial charge on any atom is -0.377 e. The Balaban J connectivity index is 2.27. The lowest BCUT2D eigenvalue weighted by molar-refractivity contribution is -0.207. The predicted molar refractivity (Wildman–Crippen MR) is 124 cm³/mol. The fraction of sp³-hybridized carbons (Fsp3) is 0.625. The van der Waals surface area contributed by atoms with Crippen molar-refractivity contribution in [1.82, 2.24) is 16.1 Å². The van der Waals surface area contributed by atoms with Gasteiger partial charge in [-0.05, 0) is 37.2 Å². The van der Waals surface area contributed by atoms with Crippen molar-refractivity contribution in [2.75, 3.05) is 20.3 Å². The first kappa shape index (κ1) is 27.7. The van der Waals surface area contributed by atoms with Crippen LogP contribution in [0.3, 0.4) is 0 Å². The molecule has 1 aliphatic rings. The number of likely N-dealkylation sites (N-methyl/N-ethyl adjacent to an activating group) is 1. The molecule has 0 aromatic heterocycles. The maximum absolute atomic E-state index is 13.4. The van der Waals surface area contributed by atoms with Crippen molar-refractivity contribution in [3.8, 4) is 0 Å². The van der Waals surface area contributed by atoms with Gasteiger partial charge in [0.15, 0.2) is 11.9 Å². The summed E-state index contributed by atoms with van der Waals surface area (Å²) >= 11 is 0. The van der Waals surface area contributed by atoms with E-state index in [1.54, 1.807) is 0 Å². The number of aliphatic hydroxyl groups is 1. The first-order valence-electron chi connectivity index (χ1n) is 11.7. The molecule has 1 unspecified atom stereocenters. The molecule has 0 aliphatic carbocycles. The summed E-state index contributed by atoms with van der Waals surface area (Å²) < 4.78 is 11.2. The average Bonchev–Trinajstić information content (AvgIpc) is 2.85. The van der Waals surface area contributed by atoms with Gasteiger partial charge in [-0.25, -0.2) is 5.48 Å². The lowest BCUT2D eigenvalue weighted by atomic mass is 9.80. The summed E-state index contributed by atoms with van der Waals surface area (Å²) in [5, 5.41) is 25.9. The summed E-state index contributed by atoms with van der Waals surface area (Å²) in [6.07, 6.45) is 2.06. The van der Waals surface area contributed by atoms with Crippen LogP contribution in [-0.2, 0) is 30.3 Å². The Hall–Kier alpha value is -2.53. The second-order valence-electron chi connectivity index (χ2n) is 9.02. The molecule has 4 atom stereocenters. The zero-order chi connectivity index (χ0) is 25.1. The van der Waals surface area contributed by atoms with Gasteiger partial charge in [0.2, 0.25) is 11.8 Å². The first-order chi connectivity index (χ1) is 16.2. The van der Waals surface area contributed by atoms with Crippen molar-refractivity contribution >= 4 is 17.7 Å².